The average Bonchev–Trinajstić information content (AvgIpc) is 2.47. The van der Waals surface area contributed by atoms with Crippen LogP contribution in [-0.4, -0.2) is 13.1 Å². The molecule has 0 bridgehead atoms. The van der Waals surface area contributed by atoms with Crippen molar-refractivity contribution >= 4 is 11.7 Å². The summed E-state index contributed by atoms with van der Waals surface area (Å²) in [6.45, 7) is 0. The van der Waals surface area contributed by atoms with Crippen LogP contribution in [0.4, 0.5) is 5.69 Å². The van der Waals surface area contributed by atoms with Gasteiger partial charge in [0.25, 0.3) is 0 Å². The van der Waals surface area contributed by atoms with E-state index in [4.69, 9.17) is 10.3 Å². The fourth-order valence-electron chi connectivity index (χ4n) is 1.86. The van der Waals surface area contributed by atoms with Crippen LogP contribution in [0.5, 0.6) is 0 Å². The van der Waals surface area contributed by atoms with E-state index in [0.29, 0.717) is 16.8 Å². The van der Waals surface area contributed by atoms with E-state index in [1.807, 2.05) is 30.3 Å². The first kappa shape index (κ1) is 12.7. The molecule has 0 aliphatic rings. The van der Waals surface area contributed by atoms with Gasteiger partial charge in [0, 0.05) is 16.2 Å². The molecule has 5 heteroatoms. The number of methoxy groups -OCH3 is 1. The lowest BCUT2D eigenvalue weighted by atomic mass is 9.98. The Kier molecular flexibility index (Phi) is 3.81. The van der Waals surface area contributed by atoms with E-state index in [2.05, 4.69) is 10.0 Å². The van der Waals surface area contributed by atoms with Crippen molar-refractivity contribution in [1.82, 2.24) is 0 Å². The maximum absolute atomic E-state index is 11.8. The van der Waals surface area contributed by atoms with Gasteiger partial charge in [0.15, 0.2) is 0 Å². The summed E-state index contributed by atoms with van der Waals surface area (Å²) in [4.78, 5) is 14.6. The van der Waals surface area contributed by atoms with Crippen LogP contribution in [0.25, 0.3) is 21.6 Å². The molecule has 0 aromatic heterocycles. The molecule has 0 atom stereocenters. The van der Waals surface area contributed by atoms with E-state index in [9.17, 15) is 4.79 Å². The Balaban J connectivity index is 2.73. The van der Waals surface area contributed by atoms with E-state index in [0.717, 1.165) is 5.56 Å². The summed E-state index contributed by atoms with van der Waals surface area (Å²) in [7, 11) is 1.32. The van der Waals surface area contributed by atoms with Crippen LogP contribution in [0, 0.1) is 0 Å². The number of hydrogen-bond donors (Lipinski definition) is 0. The number of carbonyl (C=O) groups excluding carboxylic acids is 1. The summed E-state index contributed by atoms with van der Waals surface area (Å²) in [5.41, 5.74) is 10.8. The van der Waals surface area contributed by atoms with Crippen molar-refractivity contribution in [2.75, 3.05) is 7.11 Å². The normalized spacial score (nSPS) is 9.53. The maximum atomic E-state index is 11.8. The number of rotatable bonds is 3. The third-order valence-corrected chi connectivity index (χ3v) is 2.66. The molecule has 0 aliphatic carbocycles. The van der Waals surface area contributed by atoms with Crippen LogP contribution >= 0.6 is 0 Å². The molecule has 0 N–H and O–H groups in total. The fraction of sp³-hybridized carbons (Fsp3) is 0.0714. The van der Waals surface area contributed by atoms with E-state index >= 15 is 0 Å². The number of ether oxygens (including phenoxy) is 1. The van der Waals surface area contributed by atoms with Crippen LogP contribution in [0.2, 0.25) is 0 Å². The van der Waals surface area contributed by atoms with Crippen molar-refractivity contribution in [2.24, 2.45) is 5.11 Å². The first-order chi connectivity index (χ1) is 9.27. The molecule has 0 aliphatic heterocycles. The highest BCUT2D eigenvalue weighted by Gasteiger charge is 2.15. The highest BCUT2D eigenvalue weighted by atomic mass is 16.5. The van der Waals surface area contributed by atoms with Gasteiger partial charge in [0.05, 0.1) is 12.7 Å². The number of esters is 1. The molecule has 0 saturated carbocycles. The van der Waals surface area contributed by atoms with Gasteiger partial charge in [-0.3, -0.25) is 0 Å². The van der Waals surface area contributed by atoms with Crippen molar-refractivity contribution in [2.45, 2.75) is 0 Å². The van der Waals surface area contributed by atoms with Crippen molar-refractivity contribution in [3.05, 3.63) is 64.5 Å². The molecule has 19 heavy (non-hydrogen) atoms. The quantitative estimate of drug-likeness (QED) is 0.357. The number of hydrogen-bond acceptors (Lipinski definition) is 3. The number of nitrogens with zero attached hydrogens (tertiary/aromatic N) is 3. The van der Waals surface area contributed by atoms with Crippen LogP contribution in [0.3, 0.4) is 0 Å². The van der Waals surface area contributed by atoms with E-state index in [1.165, 1.54) is 7.11 Å². The largest absolute Gasteiger partial charge is 0.465 e. The second-order valence-corrected chi connectivity index (χ2v) is 3.75. The smallest absolute Gasteiger partial charge is 0.338 e. The van der Waals surface area contributed by atoms with E-state index in [1.54, 1.807) is 18.2 Å². The van der Waals surface area contributed by atoms with E-state index < -0.39 is 5.97 Å². The van der Waals surface area contributed by atoms with Crippen molar-refractivity contribution in [1.29, 1.82) is 0 Å². The van der Waals surface area contributed by atoms with Crippen LogP contribution in [0.1, 0.15) is 10.4 Å². The van der Waals surface area contributed by atoms with Crippen LogP contribution in [0.15, 0.2) is 53.6 Å². The number of carbonyl (C=O) groups is 1. The third-order valence-electron chi connectivity index (χ3n) is 2.66. The molecular weight excluding hydrogens is 242 g/mol. The minimum atomic E-state index is -0.464. The zero-order chi connectivity index (χ0) is 13.7. The molecule has 0 unspecified atom stereocenters. The Hall–Kier alpha value is -2.78. The molecule has 0 radical (unpaired) electrons. The predicted molar refractivity (Wildman–Crippen MR) is 72.0 cm³/mol. The van der Waals surface area contributed by atoms with Crippen LogP contribution < -0.4 is 0 Å². The lowest BCUT2D eigenvalue weighted by molar-refractivity contribution is 0.0601. The van der Waals surface area contributed by atoms with Gasteiger partial charge < -0.3 is 4.74 Å². The highest BCUT2D eigenvalue weighted by Crippen LogP contribution is 2.34. The molecule has 0 spiro atoms. The maximum Gasteiger partial charge on any atom is 0.338 e. The molecular formula is C14H11N3O2. The monoisotopic (exact) mass is 253 g/mol. The summed E-state index contributed by atoms with van der Waals surface area (Å²) in [5, 5.41) is 3.63. The average molecular weight is 253 g/mol. The molecule has 5 nitrogen and oxygen atoms in total. The minimum absolute atomic E-state index is 0.374. The molecule has 0 fully saturated rings. The molecule has 0 amide bonds. The van der Waals surface area contributed by atoms with Gasteiger partial charge in [-0.1, -0.05) is 47.6 Å². The minimum Gasteiger partial charge on any atom is -0.465 e. The summed E-state index contributed by atoms with van der Waals surface area (Å²) < 4.78 is 4.76. The molecule has 0 saturated heterocycles. The number of azide groups is 1. The zero-order valence-corrected chi connectivity index (χ0v) is 10.3. The Bertz CT molecular complexity index is 647. The Morgan fingerprint density at radius 3 is 2.53 bits per heavy atom. The molecule has 94 valence electrons. The highest BCUT2D eigenvalue weighted by molar-refractivity contribution is 6.00. The van der Waals surface area contributed by atoms with Gasteiger partial charge in [0.1, 0.15) is 0 Å². The van der Waals surface area contributed by atoms with Crippen molar-refractivity contribution < 1.29 is 9.53 Å². The van der Waals surface area contributed by atoms with Gasteiger partial charge in [-0.15, -0.1) is 0 Å². The number of benzene rings is 2. The summed E-state index contributed by atoms with van der Waals surface area (Å²) >= 11 is 0. The van der Waals surface area contributed by atoms with E-state index in [-0.39, 0.29) is 0 Å². The van der Waals surface area contributed by atoms with Crippen LogP contribution in [-0.2, 0) is 4.74 Å². The summed E-state index contributed by atoms with van der Waals surface area (Å²) in [6.07, 6.45) is 0. The first-order valence-electron chi connectivity index (χ1n) is 5.59. The molecule has 2 aromatic carbocycles. The van der Waals surface area contributed by atoms with Gasteiger partial charge in [0.2, 0.25) is 0 Å². The van der Waals surface area contributed by atoms with Crippen molar-refractivity contribution in [3.63, 3.8) is 0 Å². The summed E-state index contributed by atoms with van der Waals surface area (Å²) in [5.74, 6) is -0.464. The molecule has 2 aromatic rings. The Labute approximate surface area is 110 Å². The van der Waals surface area contributed by atoms with Crippen molar-refractivity contribution in [3.8, 4) is 11.1 Å². The topological polar surface area (TPSA) is 75.1 Å². The lowest BCUT2D eigenvalue weighted by Crippen LogP contribution is -2.03. The molecule has 0 heterocycles. The predicted octanol–water partition coefficient (Wildman–Crippen LogP) is 4.08. The lowest BCUT2D eigenvalue weighted by Gasteiger charge is -2.10. The van der Waals surface area contributed by atoms with Gasteiger partial charge in [-0.05, 0) is 17.2 Å². The SMILES string of the molecule is COC(=O)c1cccc(N=[N+]=[N-])c1-c1ccccc1. The Morgan fingerprint density at radius 2 is 1.89 bits per heavy atom. The molecule has 2 rings (SSSR count). The van der Waals surface area contributed by atoms with Gasteiger partial charge >= 0.3 is 5.97 Å². The standard InChI is InChI=1S/C14H11N3O2/c1-19-14(18)11-8-5-9-12(16-17-15)13(11)10-6-3-2-4-7-10/h2-9H,1H3. The summed E-state index contributed by atoms with van der Waals surface area (Å²) in [6, 6.07) is 14.2. The third kappa shape index (κ3) is 2.56. The van der Waals surface area contributed by atoms with Gasteiger partial charge in [-0.25, -0.2) is 4.79 Å². The second-order valence-electron chi connectivity index (χ2n) is 3.75. The fourth-order valence-corrected chi connectivity index (χ4v) is 1.86. The zero-order valence-electron chi connectivity index (χ0n) is 10.3. The second kappa shape index (κ2) is 5.71. The Morgan fingerprint density at radius 1 is 1.16 bits per heavy atom. The first-order valence-corrected chi connectivity index (χ1v) is 5.59. The van der Waals surface area contributed by atoms with Gasteiger partial charge in [-0.2, -0.15) is 0 Å².